The molecule has 2 aromatic rings. The van der Waals surface area contributed by atoms with Crippen LogP contribution in [0.4, 0.5) is 0 Å². The van der Waals surface area contributed by atoms with Crippen LogP contribution < -0.4 is 9.47 Å². The summed E-state index contributed by atoms with van der Waals surface area (Å²) in [5.41, 5.74) is 1.85. The summed E-state index contributed by atoms with van der Waals surface area (Å²) in [6.45, 7) is 0.766. The fraction of sp³-hybridized carbons (Fsp3) is 0.278. The molecule has 1 saturated carbocycles. The first kappa shape index (κ1) is 15.1. The van der Waals surface area contributed by atoms with Crippen molar-refractivity contribution in [3.8, 4) is 11.5 Å². The summed E-state index contributed by atoms with van der Waals surface area (Å²) in [6.07, 6.45) is 5.28. The second kappa shape index (κ2) is 8.10. The lowest BCUT2D eigenvalue weighted by Crippen LogP contribution is -2.00. The van der Waals surface area contributed by atoms with Gasteiger partial charge in [-0.15, -0.1) is 0 Å². The van der Waals surface area contributed by atoms with Crippen LogP contribution in [-0.4, -0.2) is 13.4 Å². The van der Waals surface area contributed by atoms with Crippen LogP contribution in [0.1, 0.15) is 35.2 Å². The Morgan fingerprint density at radius 2 is 1.67 bits per heavy atom. The van der Waals surface area contributed by atoms with Crippen LogP contribution in [0.15, 0.2) is 48.5 Å². The highest BCUT2D eigenvalue weighted by atomic mass is 16.5. The zero-order valence-corrected chi connectivity index (χ0v) is 12.2. The molecule has 0 amide bonds. The lowest BCUT2D eigenvalue weighted by Gasteiger charge is -2.11. The second-order valence-corrected chi connectivity index (χ2v) is 4.85. The number of hydrogen-bond donors (Lipinski definition) is 0. The van der Waals surface area contributed by atoms with E-state index in [1.807, 2.05) is 18.2 Å². The van der Waals surface area contributed by atoms with Gasteiger partial charge in [-0.05, 0) is 29.8 Å². The van der Waals surface area contributed by atoms with E-state index in [1.54, 1.807) is 25.3 Å². The average molecular weight is 284 g/mol. The Labute approximate surface area is 125 Å². The number of methoxy groups -OCH3 is 1. The Morgan fingerprint density at radius 3 is 1.95 bits per heavy atom. The number of aldehydes is 1. The molecule has 5 rings (SSSR count). The third-order valence-corrected chi connectivity index (χ3v) is 2.95. The van der Waals surface area contributed by atoms with Crippen LogP contribution in [0.2, 0.25) is 0 Å². The van der Waals surface area contributed by atoms with Gasteiger partial charge in [0.1, 0.15) is 18.1 Å². The molecule has 0 saturated heterocycles. The number of ether oxygens (including phenoxy) is 2. The quantitative estimate of drug-likeness (QED) is 0.773. The van der Waals surface area contributed by atoms with Crippen molar-refractivity contribution in [3.63, 3.8) is 0 Å². The van der Waals surface area contributed by atoms with Crippen molar-refractivity contribution < 1.29 is 14.3 Å². The lowest BCUT2D eigenvalue weighted by atomic mass is 10.2. The van der Waals surface area contributed by atoms with Crippen LogP contribution in [0.3, 0.4) is 0 Å². The Bertz CT molecular complexity index is 533. The number of hydrogen-bond acceptors (Lipinski definition) is 3. The number of carbonyl (C=O) groups is 1. The Morgan fingerprint density at radius 1 is 1.00 bits per heavy atom. The van der Waals surface area contributed by atoms with Gasteiger partial charge in [-0.25, -0.2) is 0 Å². The number of benzene rings is 2. The molecule has 0 spiro atoms. The van der Waals surface area contributed by atoms with E-state index in [4.69, 9.17) is 9.47 Å². The fourth-order valence-electron chi connectivity index (χ4n) is 1.61. The minimum Gasteiger partial charge on any atom is -0.496 e. The summed E-state index contributed by atoms with van der Waals surface area (Å²) in [4.78, 5) is 10.3. The van der Waals surface area contributed by atoms with Gasteiger partial charge >= 0.3 is 0 Å². The molecule has 2 bridgehead atoms. The van der Waals surface area contributed by atoms with E-state index in [1.165, 1.54) is 24.8 Å². The van der Waals surface area contributed by atoms with Crippen LogP contribution in [0.5, 0.6) is 11.5 Å². The maximum absolute atomic E-state index is 10.3. The van der Waals surface area contributed by atoms with Gasteiger partial charge in [0, 0.05) is 0 Å². The predicted molar refractivity (Wildman–Crippen MR) is 83.0 cm³/mol. The number of carbonyl (C=O) groups excluding carboxylic acids is 1. The van der Waals surface area contributed by atoms with Crippen LogP contribution in [0, 0.1) is 0 Å². The van der Waals surface area contributed by atoms with Crippen LogP contribution in [-0.2, 0) is 6.61 Å². The van der Waals surface area contributed by atoms with Gasteiger partial charge in [-0.2, -0.15) is 0 Å². The predicted octanol–water partition coefficient (Wildman–Crippen LogP) is 4.26. The molecule has 0 radical (unpaired) electrons. The molecule has 2 aromatic carbocycles. The van der Waals surface area contributed by atoms with E-state index in [-0.39, 0.29) is 0 Å². The lowest BCUT2D eigenvalue weighted by molar-refractivity contribution is 0.112. The van der Waals surface area contributed by atoms with Crippen molar-refractivity contribution in [1.29, 1.82) is 0 Å². The van der Waals surface area contributed by atoms with Crippen molar-refractivity contribution in [2.24, 2.45) is 0 Å². The molecular weight excluding hydrogens is 264 g/mol. The zero-order chi connectivity index (χ0) is 14.9. The van der Waals surface area contributed by atoms with Gasteiger partial charge in [0.15, 0.2) is 6.29 Å². The minimum absolute atomic E-state index is 0.588. The van der Waals surface area contributed by atoms with Crippen molar-refractivity contribution in [1.82, 2.24) is 0 Å². The third-order valence-electron chi connectivity index (χ3n) is 2.95. The number of para-hydroxylation sites is 1. The first-order valence-electron chi connectivity index (χ1n) is 7.13. The standard InChI is InChI=1S/C8H8O2.C7H6O.C3H6/c1-10-8-5-3-2-4-7(8)6-9;1-3-7-4-2-6(1)5-8-7;1-2-3-1/h2-6H,1H3;1-4H,5H2;1-3H2. The molecule has 1 aliphatic carbocycles. The molecule has 0 aromatic heterocycles. The summed E-state index contributed by atoms with van der Waals surface area (Å²) in [7, 11) is 1.54. The van der Waals surface area contributed by atoms with E-state index in [0.29, 0.717) is 11.3 Å². The van der Waals surface area contributed by atoms with Crippen molar-refractivity contribution in [3.05, 3.63) is 59.7 Å². The monoisotopic (exact) mass is 284 g/mol. The van der Waals surface area contributed by atoms with Crippen molar-refractivity contribution in [2.75, 3.05) is 7.11 Å². The van der Waals surface area contributed by atoms with Crippen molar-refractivity contribution in [2.45, 2.75) is 25.9 Å². The Balaban J connectivity index is 0.000000130. The van der Waals surface area contributed by atoms with E-state index in [9.17, 15) is 4.79 Å². The molecule has 0 unspecified atom stereocenters. The SMILES string of the molecule is C1CC1.COc1ccccc1C=O.c1cc2ccc1CO2. The molecule has 1 fully saturated rings. The molecule has 3 nitrogen and oxygen atoms in total. The molecule has 110 valence electrons. The second-order valence-electron chi connectivity index (χ2n) is 4.85. The average Bonchev–Trinajstić information content (AvgIpc) is 3.46. The molecule has 2 aliphatic heterocycles. The highest BCUT2D eigenvalue weighted by molar-refractivity contribution is 5.79. The molecule has 3 heteroatoms. The number of fused-ring (bicyclic) bond motifs is 3. The molecule has 0 N–H and O–H groups in total. The van der Waals surface area contributed by atoms with Gasteiger partial charge < -0.3 is 9.47 Å². The summed E-state index contributed by atoms with van der Waals surface area (Å²) < 4.78 is 10.1. The first-order chi connectivity index (χ1) is 10.3. The largest absolute Gasteiger partial charge is 0.496 e. The first-order valence-corrected chi connectivity index (χ1v) is 7.13. The Kier molecular flexibility index (Phi) is 5.83. The number of rotatable bonds is 2. The molecular formula is C18H20O3. The van der Waals surface area contributed by atoms with Gasteiger partial charge in [-0.1, -0.05) is 43.5 Å². The minimum atomic E-state index is 0.588. The van der Waals surface area contributed by atoms with Gasteiger partial charge in [0.05, 0.1) is 12.7 Å². The smallest absolute Gasteiger partial charge is 0.153 e. The molecule has 2 heterocycles. The third kappa shape index (κ3) is 5.30. The topological polar surface area (TPSA) is 35.5 Å². The summed E-state index contributed by atoms with van der Waals surface area (Å²) >= 11 is 0. The fourth-order valence-corrected chi connectivity index (χ4v) is 1.61. The van der Waals surface area contributed by atoms with Gasteiger partial charge in [0.25, 0.3) is 0 Å². The van der Waals surface area contributed by atoms with Crippen molar-refractivity contribution >= 4 is 6.29 Å². The van der Waals surface area contributed by atoms with Crippen LogP contribution >= 0.6 is 0 Å². The van der Waals surface area contributed by atoms with E-state index < -0.39 is 0 Å². The summed E-state index contributed by atoms with van der Waals surface area (Å²) in [5, 5.41) is 0. The molecule has 0 atom stereocenters. The maximum atomic E-state index is 10.3. The zero-order valence-electron chi connectivity index (χ0n) is 12.2. The van der Waals surface area contributed by atoms with Gasteiger partial charge in [0.2, 0.25) is 0 Å². The van der Waals surface area contributed by atoms with Crippen LogP contribution in [0.25, 0.3) is 0 Å². The van der Waals surface area contributed by atoms with Gasteiger partial charge in [-0.3, -0.25) is 4.79 Å². The molecule has 21 heavy (non-hydrogen) atoms. The van der Waals surface area contributed by atoms with E-state index >= 15 is 0 Å². The Hall–Kier alpha value is -2.29. The highest BCUT2D eigenvalue weighted by Gasteiger charge is 2.01. The van der Waals surface area contributed by atoms with E-state index in [0.717, 1.165) is 18.6 Å². The molecule has 3 aliphatic rings. The summed E-state index contributed by atoms with van der Waals surface area (Å²) in [6, 6.07) is 15.2. The highest BCUT2D eigenvalue weighted by Crippen LogP contribution is 2.19. The maximum Gasteiger partial charge on any atom is 0.153 e. The van der Waals surface area contributed by atoms with E-state index in [2.05, 4.69) is 12.1 Å². The summed E-state index contributed by atoms with van der Waals surface area (Å²) in [5.74, 6) is 1.61. The normalized spacial score (nSPS) is 12.8.